The van der Waals surface area contributed by atoms with Crippen molar-refractivity contribution in [3.8, 4) is 0 Å². The maximum Gasteiger partial charge on any atom is 0.335 e. The highest BCUT2D eigenvalue weighted by Crippen LogP contribution is 2.12. The lowest BCUT2D eigenvalue weighted by Crippen LogP contribution is -2.35. The molecule has 1 aliphatic heterocycles. The van der Waals surface area contributed by atoms with Crippen LogP contribution in [0.4, 0.5) is 0 Å². The fraction of sp³-hybridized carbons (Fsp3) is 0.333. The number of carboxylic acids is 1. The molecular formula is C15H17NO3. The zero-order chi connectivity index (χ0) is 13.8. The summed E-state index contributed by atoms with van der Waals surface area (Å²) in [6.45, 7) is 3.47. The van der Waals surface area contributed by atoms with Gasteiger partial charge in [-0.05, 0) is 31.0 Å². The molecule has 19 heavy (non-hydrogen) atoms. The van der Waals surface area contributed by atoms with E-state index in [1.165, 1.54) is 11.6 Å². The largest absolute Gasteiger partial charge is 0.478 e. The second-order valence-corrected chi connectivity index (χ2v) is 4.82. The molecule has 0 atom stereocenters. The Morgan fingerprint density at radius 1 is 1.37 bits per heavy atom. The average molecular weight is 259 g/mol. The van der Waals surface area contributed by atoms with Crippen molar-refractivity contribution in [2.75, 3.05) is 13.1 Å². The van der Waals surface area contributed by atoms with E-state index in [9.17, 15) is 9.59 Å². The van der Waals surface area contributed by atoms with Crippen molar-refractivity contribution in [2.24, 2.45) is 0 Å². The van der Waals surface area contributed by atoms with E-state index >= 15 is 0 Å². The number of benzene rings is 1. The molecule has 0 unspecified atom stereocenters. The van der Waals surface area contributed by atoms with Gasteiger partial charge in [-0.3, -0.25) is 4.79 Å². The Bertz CT molecular complexity index is 534. The molecule has 4 nitrogen and oxygen atoms in total. The van der Waals surface area contributed by atoms with Gasteiger partial charge in [-0.2, -0.15) is 0 Å². The third kappa shape index (κ3) is 3.44. The number of carbonyl (C=O) groups excluding carboxylic acids is 1. The Hall–Kier alpha value is -2.10. The first-order valence-corrected chi connectivity index (χ1v) is 6.32. The Kier molecular flexibility index (Phi) is 4.00. The van der Waals surface area contributed by atoms with Crippen molar-refractivity contribution in [1.82, 2.24) is 4.90 Å². The highest BCUT2D eigenvalue weighted by atomic mass is 16.4. The average Bonchev–Trinajstić information content (AvgIpc) is 2.39. The number of hydrogen-bond donors (Lipinski definition) is 1. The SMILES string of the molecule is CC1=CCN(C(=O)Cc2cccc(C(=O)O)c2)CC1. The second-order valence-electron chi connectivity index (χ2n) is 4.82. The van der Waals surface area contributed by atoms with Gasteiger partial charge in [0.05, 0.1) is 12.0 Å². The fourth-order valence-electron chi connectivity index (χ4n) is 2.10. The molecule has 1 aliphatic rings. The van der Waals surface area contributed by atoms with Gasteiger partial charge in [0.15, 0.2) is 0 Å². The van der Waals surface area contributed by atoms with Crippen LogP contribution in [0.15, 0.2) is 35.9 Å². The van der Waals surface area contributed by atoms with Crippen LogP contribution in [0.2, 0.25) is 0 Å². The first-order valence-electron chi connectivity index (χ1n) is 6.32. The van der Waals surface area contributed by atoms with E-state index in [-0.39, 0.29) is 17.9 Å². The summed E-state index contributed by atoms with van der Waals surface area (Å²) in [5, 5.41) is 8.92. The highest BCUT2D eigenvalue weighted by Gasteiger charge is 2.16. The normalized spacial score (nSPS) is 15.0. The lowest BCUT2D eigenvalue weighted by molar-refractivity contribution is -0.130. The van der Waals surface area contributed by atoms with E-state index in [1.54, 1.807) is 23.1 Å². The second kappa shape index (κ2) is 5.69. The molecule has 2 rings (SSSR count). The quantitative estimate of drug-likeness (QED) is 0.846. The Morgan fingerprint density at radius 3 is 2.79 bits per heavy atom. The summed E-state index contributed by atoms with van der Waals surface area (Å²) in [6, 6.07) is 6.55. The maximum absolute atomic E-state index is 12.1. The molecule has 0 saturated carbocycles. The van der Waals surface area contributed by atoms with E-state index < -0.39 is 5.97 Å². The van der Waals surface area contributed by atoms with Crippen LogP contribution in [0.25, 0.3) is 0 Å². The van der Waals surface area contributed by atoms with Gasteiger partial charge in [0.25, 0.3) is 0 Å². The van der Waals surface area contributed by atoms with Crippen molar-refractivity contribution < 1.29 is 14.7 Å². The molecule has 1 amide bonds. The molecular weight excluding hydrogens is 242 g/mol. The van der Waals surface area contributed by atoms with E-state index in [0.717, 1.165) is 18.5 Å². The van der Waals surface area contributed by atoms with Crippen LogP contribution in [0.1, 0.15) is 29.3 Å². The fourth-order valence-corrected chi connectivity index (χ4v) is 2.10. The summed E-state index contributed by atoms with van der Waals surface area (Å²) in [6.07, 6.45) is 3.24. The molecule has 0 saturated heterocycles. The maximum atomic E-state index is 12.1. The van der Waals surface area contributed by atoms with Crippen LogP contribution < -0.4 is 0 Å². The third-order valence-corrected chi connectivity index (χ3v) is 3.32. The molecule has 0 fully saturated rings. The van der Waals surface area contributed by atoms with Crippen molar-refractivity contribution in [3.05, 3.63) is 47.0 Å². The predicted molar refractivity (Wildman–Crippen MR) is 72.1 cm³/mol. The molecule has 0 spiro atoms. The van der Waals surface area contributed by atoms with Crippen molar-refractivity contribution >= 4 is 11.9 Å². The lowest BCUT2D eigenvalue weighted by Gasteiger charge is -2.25. The van der Waals surface area contributed by atoms with E-state index in [4.69, 9.17) is 5.11 Å². The Labute approximate surface area is 112 Å². The standard InChI is InChI=1S/C15H17NO3/c1-11-5-7-16(8-6-11)14(17)10-12-3-2-4-13(9-12)15(18)19/h2-5,9H,6-8,10H2,1H3,(H,18,19). The lowest BCUT2D eigenvalue weighted by atomic mass is 10.1. The molecule has 100 valence electrons. The summed E-state index contributed by atoms with van der Waals surface area (Å²) in [7, 11) is 0. The Morgan fingerprint density at radius 2 is 2.16 bits per heavy atom. The van der Waals surface area contributed by atoms with Gasteiger partial charge in [0.1, 0.15) is 0 Å². The minimum Gasteiger partial charge on any atom is -0.478 e. The molecule has 1 aromatic rings. The number of carboxylic acid groups (broad SMARTS) is 1. The molecule has 1 heterocycles. The van der Waals surface area contributed by atoms with Crippen molar-refractivity contribution in [1.29, 1.82) is 0 Å². The minimum atomic E-state index is -0.967. The van der Waals surface area contributed by atoms with Crippen LogP contribution in [-0.4, -0.2) is 35.0 Å². The van der Waals surface area contributed by atoms with Gasteiger partial charge in [-0.1, -0.05) is 23.8 Å². The third-order valence-electron chi connectivity index (χ3n) is 3.32. The summed E-state index contributed by atoms with van der Waals surface area (Å²) < 4.78 is 0. The van der Waals surface area contributed by atoms with Crippen LogP contribution >= 0.6 is 0 Å². The molecule has 0 radical (unpaired) electrons. The minimum absolute atomic E-state index is 0.0475. The summed E-state index contributed by atoms with van der Waals surface area (Å²) >= 11 is 0. The number of carbonyl (C=O) groups is 2. The molecule has 1 N–H and O–H groups in total. The van der Waals surface area contributed by atoms with Gasteiger partial charge < -0.3 is 10.0 Å². The van der Waals surface area contributed by atoms with Gasteiger partial charge >= 0.3 is 5.97 Å². The number of hydrogen-bond acceptors (Lipinski definition) is 2. The number of rotatable bonds is 3. The zero-order valence-electron chi connectivity index (χ0n) is 10.9. The van der Waals surface area contributed by atoms with E-state index in [0.29, 0.717) is 6.54 Å². The van der Waals surface area contributed by atoms with Gasteiger partial charge in [0.2, 0.25) is 5.91 Å². The highest BCUT2D eigenvalue weighted by molar-refractivity contribution is 5.88. The van der Waals surface area contributed by atoms with Crippen molar-refractivity contribution in [3.63, 3.8) is 0 Å². The molecule has 4 heteroatoms. The summed E-state index contributed by atoms with van der Waals surface area (Å²) in [5.41, 5.74) is 2.28. The molecule has 0 bridgehead atoms. The number of amides is 1. The zero-order valence-corrected chi connectivity index (χ0v) is 10.9. The smallest absolute Gasteiger partial charge is 0.335 e. The van der Waals surface area contributed by atoms with E-state index in [1.807, 2.05) is 0 Å². The Balaban J connectivity index is 2.03. The molecule has 0 aromatic heterocycles. The molecule has 1 aromatic carbocycles. The molecule has 0 aliphatic carbocycles. The van der Waals surface area contributed by atoms with Gasteiger partial charge in [-0.25, -0.2) is 4.79 Å². The monoisotopic (exact) mass is 259 g/mol. The van der Waals surface area contributed by atoms with Crippen LogP contribution in [0, 0.1) is 0 Å². The van der Waals surface area contributed by atoms with Gasteiger partial charge in [-0.15, -0.1) is 0 Å². The van der Waals surface area contributed by atoms with Crippen LogP contribution in [0.5, 0.6) is 0 Å². The number of nitrogens with zero attached hydrogens (tertiary/aromatic N) is 1. The van der Waals surface area contributed by atoms with E-state index in [2.05, 4.69) is 13.0 Å². The number of aromatic carboxylic acids is 1. The summed E-state index contributed by atoms with van der Waals surface area (Å²) in [4.78, 5) is 24.8. The predicted octanol–water partition coefficient (Wildman–Crippen LogP) is 2.11. The van der Waals surface area contributed by atoms with Gasteiger partial charge in [0, 0.05) is 13.1 Å². The first kappa shape index (κ1) is 13.3. The summed E-state index contributed by atoms with van der Waals surface area (Å²) in [5.74, 6) is -0.919. The van der Waals surface area contributed by atoms with Crippen LogP contribution in [0.3, 0.4) is 0 Å². The van der Waals surface area contributed by atoms with Crippen molar-refractivity contribution in [2.45, 2.75) is 19.8 Å². The van der Waals surface area contributed by atoms with Crippen LogP contribution in [-0.2, 0) is 11.2 Å². The first-order chi connectivity index (χ1) is 9.06. The topological polar surface area (TPSA) is 57.6 Å².